The molecule has 1 amide bonds. The molecule has 1 aromatic rings. The molecule has 1 heterocycles. The van der Waals surface area contributed by atoms with E-state index in [9.17, 15) is 14.7 Å². The molecule has 1 aliphatic heterocycles. The number of rotatable bonds is 2. The number of carbonyl (C=O) groups excluding carboxylic acids is 2. The lowest BCUT2D eigenvalue weighted by atomic mass is 9.84. The van der Waals surface area contributed by atoms with Crippen LogP contribution in [0.25, 0.3) is 0 Å². The summed E-state index contributed by atoms with van der Waals surface area (Å²) < 4.78 is 4.77. The van der Waals surface area contributed by atoms with Crippen LogP contribution in [-0.4, -0.2) is 24.1 Å². The molecule has 5 nitrogen and oxygen atoms in total. The molecule has 1 aromatic carbocycles. The number of phenols is 1. The second kappa shape index (κ2) is 5.14. The van der Waals surface area contributed by atoms with E-state index in [0.717, 1.165) is 5.56 Å². The van der Waals surface area contributed by atoms with Crippen molar-refractivity contribution >= 4 is 11.9 Å². The molecule has 0 spiro atoms. The molecule has 0 aromatic heterocycles. The van der Waals surface area contributed by atoms with Crippen molar-refractivity contribution in [3.05, 3.63) is 41.1 Å². The second-order valence-corrected chi connectivity index (χ2v) is 4.43. The van der Waals surface area contributed by atoms with Crippen LogP contribution in [-0.2, 0) is 14.3 Å². The number of nitrogens with one attached hydrogen (secondary N) is 1. The molecular formula is C14H15NO4. The fourth-order valence-corrected chi connectivity index (χ4v) is 2.27. The minimum Gasteiger partial charge on any atom is -0.508 e. The zero-order chi connectivity index (χ0) is 14.0. The van der Waals surface area contributed by atoms with E-state index < -0.39 is 5.97 Å². The van der Waals surface area contributed by atoms with Crippen LogP contribution < -0.4 is 5.32 Å². The number of phenolic OH excluding ortho intramolecular Hbond substituents is 1. The van der Waals surface area contributed by atoms with Gasteiger partial charge in [-0.3, -0.25) is 4.79 Å². The van der Waals surface area contributed by atoms with Gasteiger partial charge in [-0.15, -0.1) is 0 Å². The zero-order valence-electron chi connectivity index (χ0n) is 10.8. The van der Waals surface area contributed by atoms with Crippen molar-refractivity contribution < 1.29 is 19.4 Å². The largest absolute Gasteiger partial charge is 0.508 e. The molecule has 1 aliphatic rings. The van der Waals surface area contributed by atoms with E-state index in [1.165, 1.54) is 19.2 Å². The molecule has 19 heavy (non-hydrogen) atoms. The summed E-state index contributed by atoms with van der Waals surface area (Å²) in [5.74, 6) is -0.787. The number of allylic oxidation sites excluding steroid dienone is 1. The van der Waals surface area contributed by atoms with E-state index in [1.807, 2.05) is 0 Å². The maximum atomic E-state index is 11.9. The lowest BCUT2D eigenvalue weighted by Crippen LogP contribution is -2.33. The van der Waals surface area contributed by atoms with Crippen LogP contribution in [0, 0.1) is 0 Å². The highest BCUT2D eigenvalue weighted by atomic mass is 16.5. The molecule has 1 atom stereocenters. The minimum absolute atomic E-state index is 0.136. The van der Waals surface area contributed by atoms with Crippen LogP contribution >= 0.6 is 0 Å². The van der Waals surface area contributed by atoms with Crippen molar-refractivity contribution in [3.8, 4) is 5.75 Å². The highest BCUT2D eigenvalue weighted by Gasteiger charge is 2.32. The van der Waals surface area contributed by atoms with Crippen molar-refractivity contribution in [1.29, 1.82) is 0 Å². The van der Waals surface area contributed by atoms with Crippen LogP contribution in [0.3, 0.4) is 0 Å². The highest BCUT2D eigenvalue weighted by molar-refractivity contribution is 5.95. The predicted molar refractivity (Wildman–Crippen MR) is 68.3 cm³/mol. The molecule has 2 N–H and O–H groups in total. The Morgan fingerprint density at radius 2 is 2.00 bits per heavy atom. The third kappa shape index (κ3) is 2.59. The third-order valence-electron chi connectivity index (χ3n) is 3.17. The first-order valence-electron chi connectivity index (χ1n) is 5.90. The summed E-state index contributed by atoms with van der Waals surface area (Å²) >= 11 is 0. The molecule has 1 unspecified atom stereocenters. The second-order valence-electron chi connectivity index (χ2n) is 4.43. The molecule has 2 rings (SSSR count). The van der Waals surface area contributed by atoms with E-state index in [0.29, 0.717) is 11.3 Å². The first-order chi connectivity index (χ1) is 9.02. The topological polar surface area (TPSA) is 75.6 Å². The number of esters is 1. The quantitative estimate of drug-likeness (QED) is 0.790. The number of carbonyl (C=O) groups is 2. The number of amides is 1. The first-order valence-corrected chi connectivity index (χ1v) is 5.90. The van der Waals surface area contributed by atoms with E-state index in [2.05, 4.69) is 5.32 Å². The number of benzene rings is 1. The van der Waals surface area contributed by atoms with Gasteiger partial charge in [-0.2, -0.15) is 0 Å². The summed E-state index contributed by atoms with van der Waals surface area (Å²) in [6, 6.07) is 6.47. The summed E-state index contributed by atoms with van der Waals surface area (Å²) in [5.41, 5.74) is 1.77. The average molecular weight is 261 g/mol. The van der Waals surface area contributed by atoms with Crippen molar-refractivity contribution in [2.24, 2.45) is 0 Å². The van der Waals surface area contributed by atoms with Gasteiger partial charge in [0, 0.05) is 18.0 Å². The van der Waals surface area contributed by atoms with E-state index in [4.69, 9.17) is 4.74 Å². The maximum absolute atomic E-state index is 11.9. The fourth-order valence-electron chi connectivity index (χ4n) is 2.27. The van der Waals surface area contributed by atoms with Gasteiger partial charge in [0.25, 0.3) is 0 Å². The normalized spacial score (nSPS) is 19.1. The summed E-state index contributed by atoms with van der Waals surface area (Å²) in [7, 11) is 1.31. The van der Waals surface area contributed by atoms with Gasteiger partial charge < -0.3 is 15.2 Å². The number of hydrogen-bond donors (Lipinski definition) is 2. The minimum atomic E-state index is -0.449. The van der Waals surface area contributed by atoms with E-state index >= 15 is 0 Å². The predicted octanol–water partition coefficient (Wildman–Crippen LogP) is 1.44. The average Bonchev–Trinajstić information content (AvgIpc) is 2.38. The summed E-state index contributed by atoms with van der Waals surface area (Å²) in [6.07, 6.45) is 0.187. The Labute approximate surface area is 110 Å². The molecule has 0 radical (unpaired) electrons. The van der Waals surface area contributed by atoms with Crippen molar-refractivity contribution in [2.45, 2.75) is 19.3 Å². The van der Waals surface area contributed by atoms with E-state index in [1.54, 1.807) is 19.1 Å². The Morgan fingerprint density at radius 3 is 2.58 bits per heavy atom. The zero-order valence-corrected chi connectivity index (χ0v) is 10.8. The van der Waals surface area contributed by atoms with E-state index in [-0.39, 0.29) is 24.0 Å². The number of methoxy groups -OCH3 is 1. The smallest absolute Gasteiger partial charge is 0.336 e. The Kier molecular flexibility index (Phi) is 3.55. The van der Waals surface area contributed by atoms with Gasteiger partial charge in [0.2, 0.25) is 5.91 Å². The highest BCUT2D eigenvalue weighted by Crippen LogP contribution is 2.33. The third-order valence-corrected chi connectivity index (χ3v) is 3.17. The maximum Gasteiger partial charge on any atom is 0.336 e. The number of ether oxygens (including phenoxy) is 1. The van der Waals surface area contributed by atoms with Gasteiger partial charge in [0.05, 0.1) is 12.7 Å². The van der Waals surface area contributed by atoms with Crippen molar-refractivity contribution in [1.82, 2.24) is 5.32 Å². The Hall–Kier alpha value is -2.30. The van der Waals surface area contributed by atoms with Crippen molar-refractivity contribution in [3.63, 3.8) is 0 Å². The van der Waals surface area contributed by atoms with Crippen LogP contribution in [0.1, 0.15) is 24.8 Å². The van der Waals surface area contributed by atoms with Crippen LogP contribution in [0.5, 0.6) is 5.75 Å². The first kappa shape index (κ1) is 13.1. The molecule has 0 fully saturated rings. The van der Waals surface area contributed by atoms with Crippen LogP contribution in [0.15, 0.2) is 35.5 Å². The SMILES string of the molecule is COC(=O)C1=C(C)NC(=O)CC1c1ccc(O)cc1. The number of hydrogen-bond acceptors (Lipinski definition) is 4. The van der Waals surface area contributed by atoms with Gasteiger partial charge >= 0.3 is 5.97 Å². The monoisotopic (exact) mass is 261 g/mol. The van der Waals surface area contributed by atoms with Gasteiger partial charge in [0.15, 0.2) is 0 Å². The Balaban J connectivity index is 2.46. The van der Waals surface area contributed by atoms with Crippen LogP contribution in [0.4, 0.5) is 0 Å². The summed E-state index contributed by atoms with van der Waals surface area (Å²) in [5, 5.41) is 11.9. The lowest BCUT2D eigenvalue weighted by Gasteiger charge is -2.26. The molecular weight excluding hydrogens is 246 g/mol. The summed E-state index contributed by atoms with van der Waals surface area (Å²) in [4.78, 5) is 23.5. The molecule has 0 aliphatic carbocycles. The molecule has 0 saturated heterocycles. The van der Waals surface area contributed by atoms with Gasteiger partial charge in [-0.25, -0.2) is 4.79 Å². The van der Waals surface area contributed by atoms with Gasteiger partial charge in [-0.1, -0.05) is 12.1 Å². The standard InChI is InChI=1S/C14H15NO4/c1-8-13(14(18)19-2)11(7-12(17)15-8)9-3-5-10(16)6-4-9/h3-6,11,16H,7H2,1-2H3,(H,15,17). The van der Waals surface area contributed by atoms with Crippen LogP contribution in [0.2, 0.25) is 0 Å². The van der Waals surface area contributed by atoms with Crippen molar-refractivity contribution in [2.75, 3.05) is 7.11 Å². The fraction of sp³-hybridized carbons (Fsp3) is 0.286. The summed E-state index contributed by atoms with van der Waals surface area (Å²) in [6.45, 7) is 1.68. The number of aromatic hydroxyl groups is 1. The Morgan fingerprint density at radius 1 is 1.37 bits per heavy atom. The molecule has 0 saturated carbocycles. The Bertz CT molecular complexity index is 545. The van der Waals surface area contributed by atoms with Gasteiger partial charge in [0.1, 0.15) is 5.75 Å². The lowest BCUT2D eigenvalue weighted by molar-refractivity contribution is -0.136. The molecule has 5 heteroatoms. The van der Waals surface area contributed by atoms with Gasteiger partial charge in [-0.05, 0) is 24.6 Å². The molecule has 0 bridgehead atoms. The molecule has 100 valence electrons.